The van der Waals surface area contributed by atoms with E-state index in [4.69, 9.17) is 9.47 Å². The van der Waals surface area contributed by atoms with Gasteiger partial charge in [-0.3, -0.25) is 9.59 Å². The zero-order valence-corrected chi connectivity index (χ0v) is 11.8. The molecule has 110 valence electrons. The lowest BCUT2D eigenvalue weighted by atomic mass is 10.3. The number of amides is 2. The van der Waals surface area contributed by atoms with Crippen LogP contribution in [0, 0.1) is 0 Å². The summed E-state index contributed by atoms with van der Waals surface area (Å²) in [6.07, 6.45) is 0.670. The number of carbonyl (C=O) groups excluding carboxylic acids is 2. The van der Waals surface area contributed by atoms with Gasteiger partial charge in [-0.2, -0.15) is 0 Å². The predicted molar refractivity (Wildman–Crippen MR) is 72.8 cm³/mol. The zero-order chi connectivity index (χ0) is 14.5. The number of nitrogens with one attached hydrogen (secondary N) is 2. The Hall–Kier alpha value is -1.40. The average Bonchev–Trinajstić information content (AvgIpc) is 2.37. The smallest absolute Gasteiger partial charge is 0.246 e. The van der Waals surface area contributed by atoms with Crippen molar-refractivity contribution in [2.75, 3.05) is 39.5 Å². The summed E-state index contributed by atoms with van der Waals surface area (Å²) in [5, 5.41) is 5.38. The molecule has 6 heteroatoms. The fourth-order valence-corrected chi connectivity index (χ4v) is 1.15. The molecule has 0 unspecified atom stereocenters. The maximum atomic E-state index is 11.3. The Kier molecular flexibility index (Phi) is 10.8. The lowest BCUT2D eigenvalue weighted by Crippen LogP contribution is -2.32. The van der Waals surface area contributed by atoms with Crippen molar-refractivity contribution in [3.8, 4) is 0 Å². The van der Waals surface area contributed by atoms with Crippen molar-refractivity contribution in [3.63, 3.8) is 0 Å². The van der Waals surface area contributed by atoms with Crippen LogP contribution >= 0.6 is 0 Å². The molecule has 0 aliphatic heterocycles. The van der Waals surface area contributed by atoms with Gasteiger partial charge in [0.1, 0.15) is 6.61 Å². The van der Waals surface area contributed by atoms with Crippen molar-refractivity contribution < 1.29 is 19.1 Å². The number of hydrogen-bond donors (Lipinski definition) is 2. The van der Waals surface area contributed by atoms with Crippen molar-refractivity contribution in [2.45, 2.75) is 20.3 Å². The van der Waals surface area contributed by atoms with Gasteiger partial charge < -0.3 is 20.1 Å². The van der Waals surface area contributed by atoms with Crippen LogP contribution in [0.1, 0.15) is 20.3 Å². The van der Waals surface area contributed by atoms with E-state index in [1.165, 1.54) is 0 Å². The van der Waals surface area contributed by atoms with E-state index in [-0.39, 0.29) is 18.4 Å². The highest BCUT2D eigenvalue weighted by molar-refractivity contribution is 5.92. The van der Waals surface area contributed by atoms with Gasteiger partial charge in [0.15, 0.2) is 0 Å². The van der Waals surface area contributed by atoms with Crippen LogP contribution < -0.4 is 10.6 Å². The fourth-order valence-electron chi connectivity index (χ4n) is 1.15. The third-order valence-corrected chi connectivity index (χ3v) is 2.16. The molecule has 0 aromatic heterocycles. The molecule has 0 saturated heterocycles. The summed E-state index contributed by atoms with van der Waals surface area (Å²) in [6, 6.07) is 0. The standard InChI is InChI=1S/C13H24N2O4/c1-4-18-8-9-19-10-12(16)14-6-5-7-15-13(17)11(2)3/h2,4-10H2,1,3H3,(H,14,16)(H,15,17). The van der Waals surface area contributed by atoms with Crippen LogP contribution in [0.5, 0.6) is 0 Å². The second-order valence-electron chi connectivity index (χ2n) is 3.99. The van der Waals surface area contributed by atoms with Crippen molar-refractivity contribution in [2.24, 2.45) is 0 Å². The Bertz CT molecular complexity index is 292. The summed E-state index contributed by atoms with van der Waals surface area (Å²) in [7, 11) is 0. The third-order valence-electron chi connectivity index (χ3n) is 2.16. The Balaban J connectivity index is 3.34. The van der Waals surface area contributed by atoms with E-state index in [2.05, 4.69) is 17.2 Å². The maximum Gasteiger partial charge on any atom is 0.246 e. The number of rotatable bonds is 11. The Labute approximate surface area is 114 Å². The first kappa shape index (κ1) is 17.6. The van der Waals surface area contributed by atoms with Gasteiger partial charge in [0.05, 0.1) is 13.2 Å². The normalized spacial score (nSPS) is 10.0. The first-order chi connectivity index (χ1) is 9.07. The first-order valence-corrected chi connectivity index (χ1v) is 6.43. The largest absolute Gasteiger partial charge is 0.379 e. The van der Waals surface area contributed by atoms with E-state index in [9.17, 15) is 9.59 Å². The second kappa shape index (κ2) is 11.7. The van der Waals surface area contributed by atoms with Crippen molar-refractivity contribution in [1.29, 1.82) is 0 Å². The van der Waals surface area contributed by atoms with Crippen LogP contribution in [0.2, 0.25) is 0 Å². The van der Waals surface area contributed by atoms with E-state index in [1.54, 1.807) is 6.92 Å². The Morgan fingerprint density at radius 1 is 1.11 bits per heavy atom. The lowest BCUT2D eigenvalue weighted by Gasteiger charge is -2.07. The molecular formula is C13H24N2O4. The van der Waals surface area contributed by atoms with E-state index >= 15 is 0 Å². The van der Waals surface area contributed by atoms with Gasteiger partial charge in [0.25, 0.3) is 0 Å². The molecule has 0 spiro atoms. The molecule has 0 aliphatic rings. The monoisotopic (exact) mass is 272 g/mol. The van der Waals surface area contributed by atoms with Crippen LogP contribution in [0.15, 0.2) is 12.2 Å². The van der Waals surface area contributed by atoms with Gasteiger partial charge >= 0.3 is 0 Å². The maximum absolute atomic E-state index is 11.3. The van der Waals surface area contributed by atoms with Gasteiger partial charge in [-0.25, -0.2) is 0 Å². The van der Waals surface area contributed by atoms with E-state index in [1.807, 2.05) is 6.92 Å². The molecule has 0 fully saturated rings. The highest BCUT2D eigenvalue weighted by Gasteiger charge is 2.02. The SMILES string of the molecule is C=C(C)C(=O)NCCCNC(=O)COCCOCC. The molecule has 0 rings (SSSR count). The molecule has 19 heavy (non-hydrogen) atoms. The van der Waals surface area contributed by atoms with Crippen LogP contribution in [0.25, 0.3) is 0 Å². The van der Waals surface area contributed by atoms with E-state index < -0.39 is 0 Å². The first-order valence-electron chi connectivity index (χ1n) is 6.43. The summed E-state index contributed by atoms with van der Waals surface area (Å²) in [5.74, 6) is -0.326. The zero-order valence-electron chi connectivity index (χ0n) is 11.8. The minimum atomic E-state index is -0.164. The molecule has 0 aromatic rings. The third kappa shape index (κ3) is 11.4. The Morgan fingerprint density at radius 3 is 2.37 bits per heavy atom. The van der Waals surface area contributed by atoms with Crippen molar-refractivity contribution >= 4 is 11.8 Å². The van der Waals surface area contributed by atoms with Crippen LogP contribution in [-0.4, -0.2) is 51.3 Å². The van der Waals surface area contributed by atoms with Gasteiger partial charge in [-0.05, 0) is 20.3 Å². The highest BCUT2D eigenvalue weighted by Crippen LogP contribution is 1.85. The van der Waals surface area contributed by atoms with Crippen LogP contribution in [-0.2, 0) is 19.1 Å². The molecule has 0 aromatic carbocycles. The highest BCUT2D eigenvalue weighted by atomic mass is 16.5. The molecule has 2 amide bonds. The van der Waals surface area contributed by atoms with E-state index in [0.29, 0.717) is 44.9 Å². The molecule has 0 saturated carbocycles. The molecule has 6 nitrogen and oxygen atoms in total. The summed E-state index contributed by atoms with van der Waals surface area (Å²) >= 11 is 0. The molecule has 0 atom stereocenters. The van der Waals surface area contributed by atoms with Crippen LogP contribution in [0.4, 0.5) is 0 Å². The van der Waals surface area contributed by atoms with Gasteiger partial charge in [-0.15, -0.1) is 0 Å². The van der Waals surface area contributed by atoms with Crippen molar-refractivity contribution in [1.82, 2.24) is 10.6 Å². The number of ether oxygens (including phenoxy) is 2. The summed E-state index contributed by atoms with van der Waals surface area (Å²) in [5.41, 5.74) is 0.478. The lowest BCUT2D eigenvalue weighted by molar-refractivity contribution is -0.126. The minimum absolute atomic E-state index is 0.0329. The summed E-state index contributed by atoms with van der Waals surface area (Å²) in [6.45, 7) is 9.68. The molecular weight excluding hydrogens is 248 g/mol. The number of carbonyl (C=O) groups is 2. The quantitative estimate of drug-likeness (QED) is 0.417. The van der Waals surface area contributed by atoms with E-state index in [0.717, 1.165) is 0 Å². The average molecular weight is 272 g/mol. The van der Waals surface area contributed by atoms with Gasteiger partial charge in [0.2, 0.25) is 11.8 Å². The van der Waals surface area contributed by atoms with Gasteiger partial charge in [0, 0.05) is 25.3 Å². The number of hydrogen-bond acceptors (Lipinski definition) is 4. The minimum Gasteiger partial charge on any atom is -0.379 e. The predicted octanol–water partition coefficient (Wildman–Crippen LogP) is 0.238. The molecule has 0 heterocycles. The van der Waals surface area contributed by atoms with Crippen molar-refractivity contribution in [3.05, 3.63) is 12.2 Å². The topological polar surface area (TPSA) is 76.7 Å². The molecule has 0 radical (unpaired) electrons. The molecule has 2 N–H and O–H groups in total. The molecule has 0 aliphatic carbocycles. The van der Waals surface area contributed by atoms with Crippen LogP contribution in [0.3, 0.4) is 0 Å². The summed E-state index contributed by atoms with van der Waals surface area (Å²) in [4.78, 5) is 22.4. The molecule has 0 bridgehead atoms. The summed E-state index contributed by atoms with van der Waals surface area (Å²) < 4.78 is 10.2. The van der Waals surface area contributed by atoms with Gasteiger partial charge in [-0.1, -0.05) is 6.58 Å². The second-order valence-corrected chi connectivity index (χ2v) is 3.99. The Morgan fingerprint density at radius 2 is 1.74 bits per heavy atom. The fraction of sp³-hybridized carbons (Fsp3) is 0.692.